The number of rotatable bonds is 10. The molecule has 0 bridgehead atoms. The third-order valence-electron chi connectivity index (χ3n) is 4.73. The van der Waals surface area contributed by atoms with E-state index in [9.17, 15) is 0 Å². The van der Waals surface area contributed by atoms with Crippen molar-refractivity contribution in [1.82, 2.24) is 20.6 Å². The Morgan fingerprint density at radius 1 is 1.13 bits per heavy atom. The number of benzene rings is 2. The van der Waals surface area contributed by atoms with Gasteiger partial charge in [0.2, 0.25) is 0 Å². The first-order chi connectivity index (χ1) is 14.7. The fraction of sp³-hybridized carbons (Fsp3) is 0.391. The summed E-state index contributed by atoms with van der Waals surface area (Å²) in [7, 11) is 1.67. The third-order valence-corrected chi connectivity index (χ3v) is 4.73. The molecule has 2 aromatic carbocycles. The minimum atomic E-state index is 0. The molecule has 0 spiro atoms. The van der Waals surface area contributed by atoms with Gasteiger partial charge in [-0.2, -0.15) is 0 Å². The molecule has 1 heterocycles. The molecular weight excluding hydrogens is 505 g/mol. The fourth-order valence-electron chi connectivity index (χ4n) is 3.08. The van der Waals surface area contributed by atoms with Gasteiger partial charge in [0.15, 0.2) is 5.96 Å². The zero-order chi connectivity index (χ0) is 21.2. The molecule has 0 fully saturated rings. The topological polar surface area (TPSA) is 83.6 Å². The van der Waals surface area contributed by atoms with Crippen LogP contribution >= 0.6 is 24.0 Å². The molecule has 0 saturated carbocycles. The van der Waals surface area contributed by atoms with Crippen LogP contribution in [-0.4, -0.2) is 42.8 Å². The number of nitrogens with zero attached hydrogens (tertiary/aromatic N) is 2. The van der Waals surface area contributed by atoms with Crippen molar-refractivity contribution in [1.29, 1.82) is 0 Å². The van der Waals surface area contributed by atoms with E-state index in [2.05, 4.69) is 28.6 Å². The van der Waals surface area contributed by atoms with Crippen molar-refractivity contribution in [2.45, 2.75) is 33.4 Å². The number of para-hydroxylation sites is 1. The first kappa shape index (κ1) is 24.9. The fourth-order valence-corrected chi connectivity index (χ4v) is 3.08. The van der Waals surface area contributed by atoms with Crippen LogP contribution in [0.5, 0.6) is 5.75 Å². The third kappa shape index (κ3) is 7.70. The Labute approximate surface area is 201 Å². The number of hydrogen-bond acceptors (Lipinski definition) is 4. The van der Waals surface area contributed by atoms with Crippen LogP contribution in [0.2, 0.25) is 0 Å². The molecule has 7 nitrogen and oxygen atoms in total. The summed E-state index contributed by atoms with van der Waals surface area (Å²) >= 11 is 0. The molecule has 0 aliphatic heterocycles. The summed E-state index contributed by atoms with van der Waals surface area (Å²) < 4.78 is 10.6. The average molecular weight is 537 g/mol. The van der Waals surface area contributed by atoms with E-state index in [1.54, 1.807) is 7.11 Å². The molecule has 31 heavy (non-hydrogen) atoms. The van der Waals surface area contributed by atoms with E-state index in [0.717, 1.165) is 65.9 Å². The second-order valence-electron chi connectivity index (χ2n) is 7.00. The highest BCUT2D eigenvalue weighted by molar-refractivity contribution is 14.0. The van der Waals surface area contributed by atoms with Gasteiger partial charge >= 0.3 is 0 Å². The smallest absolute Gasteiger partial charge is 0.191 e. The van der Waals surface area contributed by atoms with E-state index < -0.39 is 0 Å². The molecule has 3 rings (SSSR count). The number of halogens is 1. The zero-order valence-electron chi connectivity index (χ0n) is 18.4. The first-order valence-electron chi connectivity index (χ1n) is 10.4. The minimum Gasteiger partial charge on any atom is -0.497 e. The molecule has 0 saturated heterocycles. The standard InChI is InChI=1S/C23H31N5O2.HI/c1-4-30-14-6-13-24-23(25-15-18-9-11-19(29-3)12-10-18)26-16-21-27-20-8-5-7-17(2)22(20)28-21;/h5,7-12H,4,6,13-16H2,1-3H3,(H,27,28)(H2,24,25,26);1H. The maximum atomic E-state index is 5.41. The number of aliphatic imine (C=N–C) groups is 1. The van der Waals surface area contributed by atoms with Gasteiger partial charge in [0, 0.05) is 19.8 Å². The van der Waals surface area contributed by atoms with Gasteiger partial charge in [0.05, 0.1) is 31.2 Å². The van der Waals surface area contributed by atoms with E-state index in [1.807, 2.05) is 43.3 Å². The Hall–Kier alpha value is -2.33. The number of aromatic nitrogens is 2. The van der Waals surface area contributed by atoms with Crippen LogP contribution in [0.1, 0.15) is 30.3 Å². The molecule has 0 atom stereocenters. The summed E-state index contributed by atoms with van der Waals surface area (Å²) in [5, 5.41) is 6.76. The molecule has 0 radical (unpaired) electrons. The number of aryl methyl sites for hydroxylation is 1. The number of aromatic amines is 1. The molecule has 0 unspecified atom stereocenters. The van der Waals surface area contributed by atoms with Crippen molar-refractivity contribution in [3.05, 3.63) is 59.4 Å². The van der Waals surface area contributed by atoms with Crippen molar-refractivity contribution < 1.29 is 9.47 Å². The molecule has 1 aromatic heterocycles. The summed E-state index contributed by atoms with van der Waals surface area (Å²) in [6.07, 6.45) is 0.918. The van der Waals surface area contributed by atoms with Gasteiger partial charge in [-0.15, -0.1) is 24.0 Å². The first-order valence-corrected chi connectivity index (χ1v) is 10.4. The summed E-state index contributed by atoms with van der Waals surface area (Å²) in [5.41, 5.74) is 4.34. The van der Waals surface area contributed by atoms with Gasteiger partial charge in [0.1, 0.15) is 11.6 Å². The summed E-state index contributed by atoms with van der Waals surface area (Å²) in [4.78, 5) is 12.8. The lowest BCUT2D eigenvalue weighted by Crippen LogP contribution is -2.38. The van der Waals surface area contributed by atoms with Crippen molar-refractivity contribution in [3.8, 4) is 5.75 Å². The number of imidazole rings is 1. The van der Waals surface area contributed by atoms with E-state index in [-0.39, 0.29) is 24.0 Å². The number of H-pyrrole nitrogens is 1. The van der Waals surface area contributed by atoms with Crippen LogP contribution < -0.4 is 15.4 Å². The highest BCUT2D eigenvalue weighted by Gasteiger charge is 2.06. The molecule has 0 amide bonds. The van der Waals surface area contributed by atoms with Crippen molar-refractivity contribution in [3.63, 3.8) is 0 Å². The van der Waals surface area contributed by atoms with Gasteiger partial charge in [0.25, 0.3) is 0 Å². The highest BCUT2D eigenvalue weighted by Crippen LogP contribution is 2.15. The van der Waals surface area contributed by atoms with Crippen LogP contribution in [0.3, 0.4) is 0 Å². The lowest BCUT2D eigenvalue weighted by Gasteiger charge is -2.12. The predicted molar refractivity (Wildman–Crippen MR) is 136 cm³/mol. The number of nitrogens with one attached hydrogen (secondary N) is 3. The maximum Gasteiger partial charge on any atom is 0.191 e. The van der Waals surface area contributed by atoms with Gasteiger partial charge < -0.3 is 25.1 Å². The quantitative estimate of drug-likeness (QED) is 0.157. The zero-order valence-corrected chi connectivity index (χ0v) is 20.7. The lowest BCUT2D eigenvalue weighted by atomic mass is 10.2. The second kappa shape index (κ2) is 13.2. The molecule has 3 N–H and O–H groups in total. The van der Waals surface area contributed by atoms with Gasteiger partial charge in [-0.25, -0.2) is 9.98 Å². The molecule has 168 valence electrons. The summed E-state index contributed by atoms with van der Waals surface area (Å²) in [6.45, 7) is 7.47. The number of hydrogen-bond donors (Lipinski definition) is 3. The lowest BCUT2D eigenvalue weighted by molar-refractivity contribution is 0.145. The molecule has 8 heteroatoms. The van der Waals surface area contributed by atoms with Crippen molar-refractivity contribution >= 4 is 41.0 Å². The van der Waals surface area contributed by atoms with Crippen LogP contribution in [0.15, 0.2) is 47.5 Å². The van der Waals surface area contributed by atoms with Gasteiger partial charge in [-0.3, -0.25) is 0 Å². The molecule has 0 aliphatic carbocycles. The minimum absolute atomic E-state index is 0. The van der Waals surface area contributed by atoms with E-state index in [4.69, 9.17) is 19.5 Å². The number of guanidine groups is 1. The van der Waals surface area contributed by atoms with Crippen LogP contribution in [0.4, 0.5) is 0 Å². The molecular formula is C23H32IN5O2. The normalized spacial score (nSPS) is 11.3. The molecule has 0 aliphatic rings. The van der Waals surface area contributed by atoms with Gasteiger partial charge in [-0.1, -0.05) is 24.3 Å². The van der Waals surface area contributed by atoms with E-state index in [0.29, 0.717) is 13.1 Å². The Balaban J connectivity index is 0.00000341. The predicted octanol–water partition coefficient (Wildman–Crippen LogP) is 4.16. The maximum absolute atomic E-state index is 5.41. The molecule has 3 aromatic rings. The SMILES string of the molecule is CCOCCCNC(=NCc1ccc(OC)cc1)NCc1nc2c(C)cccc2[nH]1.I. The Kier molecular flexibility index (Phi) is 10.6. The summed E-state index contributed by atoms with van der Waals surface area (Å²) in [5.74, 6) is 2.47. The highest BCUT2D eigenvalue weighted by atomic mass is 127. The van der Waals surface area contributed by atoms with Gasteiger partial charge in [-0.05, 0) is 49.6 Å². The van der Waals surface area contributed by atoms with Crippen LogP contribution in [0, 0.1) is 6.92 Å². The number of methoxy groups -OCH3 is 1. The number of fused-ring (bicyclic) bond motifs is 1. The van der Waals surface area contributed by atoms with E-state index in [1.165, 1.54) is 0 Å². The van der Waals surface area contributed by atoms with Crippen LogP contribution in [0.25, 0.3) is 11.0 Å². The number of ether oxygens (including phenoxy) is 2. The average Bonchev–Trinajstić information content (AvgIpc) is 3.20. The summed E-state index contributed by atoms with van der Waals surface area (Å²) in [6, 6.07) is 14.1. The Morgan fingerprint density at radius 2 is 1.94 bits per heavy atom. The van der Waals surface area contributed by atoms with Crippen molar-refractivity contribution in [2.24, 2.45) is 4.99 Å². The van der Waals surface area contributed by atoms with Crippen molar-refractivity contribution in [2.75, 3.05) is 26.9 Å². The monoisotopic (exact) mass is 537 g/mol. The van der Waals surface area contributed by atoms with E-state index >= 15 is 0 Å². The Bertz CT molecular complexity index is 956. The Morgan fingerprint density at radius 3 is 2.65 bits per heavy atom. The largest absolute Gasteiger partial charge is 0.497 e. The van der Waals surface area contributed by atoms with Crippen LogP contribution in [-0.2, 0) is 17.8 Å². The second-order valence-corrected chi connectivity index (χ2v) is 7.00.